The third-order valence-corrected chi connectivity index (χ3v) is 2.86. The first-order valence-electron chi connectivity index (χ1n) is 5.60. The van der Waals surface area contributed by atoms with E-state index in [1.165, 1.54) is 52.0 Å². The lowest BCUT2D eigenvalue weighted by Crippen LogP contribution is -2.46. The highest BCUT2D eigenvalue weighted by atomic mass is 15.3. The van der Waals surface area contributed by atoms with Crippen molar-refractivity contribution in [2.24, 2.45) is 0 Å². The maximum absolute atomic E-state index is 3.92. The Hall–Kier alpha value is -0.0800. The van der Waals surface area contributed by atoms with Gasteiger partial charge in [-0.1, -0.05) is 19.8 Å². The Morgan fingerprint density at radius 3 is 2.15 bits per heavy atom. The molecule has 0 saturated carbocycles. The summed E-state index contributed by atoms with van der Waals surface area (Å²) in [5.41, 5.74) is 0. The van der Waals surface area contributed by atoms with Crippen molar-refractivity contribution in [1.82, 2.24) is 9.80 Å². The first-order chi connectivity index (χ1) is 6.36. The number of hydrogen-bond donors (Lipinski definition) is 0. The highest BCUT2D eigenvalue weighted by Gasteiger charge is 2.14. The van der Waals surface area contributed by atoms with Crippen LogP contribution in [0.3, 0.4) is 0 Å². The highest BCUT2D eigenvalue weighted by Crippen LogP contribution is 2.03. The van der Waals surface area contributed by atoms with Crippen LogP contribution < -0.4 is 0 Å². The van der Waals surface area contributed by atoms with E-state index in [0.717, 1.165) is 6.54 Å². The average molecular weight is 183 g/mol. The van der Waals surface area contributed by atoms with Crippen molar-refractivity contribution in [2.75, 3.05) is 39.3 Å². The number of nitrogens with zero attached hydrogens (tertiary/aromatic N) is 2. The van der Waals surface area contributed by atoms with E-state index in [2.05, 4.69) is 23.6 Å². The molecule has 0 aromatic heterocycles. The van der Waals surface area contributed by atoms with E-state index in [4.69, 9.17) is 0 Å². The SMILES string of the molecule is [CH2]CN1CCN(CCCCC)CC1. The van der Waals surface area contributed by atoms with Crippen LogP contribution in [-0.4, -0.2) is 49.1 Å². The standard InChI is InChI=1S/C11H23N2/c1-3-5-6-7-13-10-8-12(4-2)9-11-13/h2-11H2,1H3. The van der Waals surface area contributed by atoms with Crippen molar-refractivity contribution in [1.29, 1.82) is 0 Å². The minimum absolute atomic E-state index is 0.975. The lowest BCUT2D eigenvalue weighted by molar-refractivity contribution is 0.140. The Morgan fingerprint density at radius 2 is 1.62 bits per heavy atom. The van der Waals surface area contributed by atoms with E-state index >= 15 is 0 Å². The first kappa shape index (κ1) is 11.0. The molecule has 1 aliphatic rings. The fourth-order valence-electron chi connectivity index (χ4n) is 1.82. The molecule has 0 aromatic rings. The van der Waals surface area contributed by atoms with Crippen LogP contribution in [0.2, 0.25) is 0 Å². The van der Waals surface area contributed by atoms with Gasteiger partial charge in [0.1, 0.15) is 0 Å². The van der Waals surface area contributed by atoms with Crippen LogP contribution in [0, 0.1) is 6.92 Å². The summed E-state index contributed by atoms with van der Waals surface area (Å²) in [4.78, 5) is 5.01. The predicted octanol–water partition coefficient (Wildman–Crippen LogP) is 1.63. The molecule has 0 unspecified atom stereocenters. The van der Waals surface area contributed by atoms with E-state index < -0.39 is 0 Å². The molecular formula is C11H23N2. The molecule has 0 bridgehead atoms. The van der Waals surface area contributed by atoms with Crippen molar-refractivity contribution in [3.63, 3.8) is 0 Å². The first-order valence-corrected chi connectivity index (χ1v) is 5.60. The fourth-order valence-corrected chi connectivity index (χ4v) is 1.82. The third-order valence-electron chi connectivity index (χ3n) is 2.86. The summed E-state index contributed by atoms with van der Waals surface area (Å²) in [5, 5.41) is 0. The van der Waals surface area contributed by atoms with Gasteiger partial charge in [0.25, 0.3) is 0 Å². The Labute approximate surface area is 82.9 Å². The summed E-state index contributed by atoms with van der Waals surface area (Å²) < 4.78 is 0. The number of unbranched alkanes of at least 4 members (excludes halogenated alkanes) is 2. The van der Waals surface area contributed by atoms with Gasteiger partial charge in [0.15, 0.2) is 0 Å². The smallest absolute Gasteiger partial charge is 0.0110 e. The van der Waals surface area contributed by atoms with E-state index in [1.54, 1.807) is 0 Å². The molecular weight excluding hydrogens is 160 g/mol. The van der Waals surface area contributed by atoms with E-state index in [0.29, 0.717) is 0 Å². The molecule has 0 aliphatic carbocycles. The Kier molecular flexibility index (Phi) is 5.40. The molecule has 1 saturated heterocycles. The summed E-state index contributed by atoms with van der Waals surface area (Å²) in [6, 6.07) is 0. The quantitative estimate of drug-likeness (QED) is 0.598. The number of rotatable bonds is 5. The van der Waals surface area contributed by atoms with Crippen LogP contribution in [0.15, 0.2) is 0 Å². The zero-order valence-corrected chi connectivity index (χ0v) is 8.97. The lowest BCUT2D eigenvalue weighted by atomic mass is 10.2. The van der Waals surface area contributed by atoms with Gasteiger partial charge in [0.05, 0.1) is 0 Å². The summed E-state index contributed by atoms with van der Waals surface area (Å²) in [6.07, 6.45) is 4.09. The van der Waals surface area contributed by atoms with Gasteiger partial charge in [0.2, 0.25) is 0 Å². The minimum atomic E-state index is 0.975. The molecule has 0 aromatic carbocycles. The normalized spacial score (nSPS) is 20.8. The summed E-state index contributed by atoms with van der Waals surface area (Å²) in [6.45, 7) is 13.4. The van der Waals surface area contributed by atoms with Crippen LogP contribution in [-0.2, 0) is 0 Å². The number of piperazine rings is 1. The van der Waals surface area contributed by atoms with Crippen molar-refractivity contribution < 1.29 is 0 Å². The van der Waals surface area contributed by atoms with Crippen LogP contribution in [0.1, 0.15) is 26.2 Å². The molecule has 1 fully saturated rings. The molecule has 13 heavy (non-hydrogen) atoms. The largest absolute Gasteiger partial charge is 0.301 e. The molecule has 1 rings (SSSR count). The Balaban J connectivity index is 2.03. The molecule has 1 aliphatic heterocycles. The molecule has 0 amide bonds. The van der Waals surface area contributed by atoms with Gasteiger partial charge < -0.3 is 9.80 Å². The fraction of sp³-hybridized carbons (Fsp3) is 0.909. The second-order valence-corrected chi connectivity index (χ2v) is 3.89. The van der Waals surface area contributed by atoms with Gasteiger partial charge in [-0.2, -0.15) is 0 Å². The van der Waals surface area contributed by atoms with E-state index in [9.17, 15) is 0 Å². The van der Waals surface area contributed by atoms with Gasteiger partial charge in [0, 0.05) is 26.2 Å². The molecule has 2 nitrogen and oxygen atoms in total. The second kappa shape index (κ2) is 6.39. The molecule has 0 N–H and O–H groups in total. The topological polar surface area (TPSA) is 6.48 Å². The van der Waals surface area contributed by atoms with Gasteiger partial charge in [-0.05, 0) is 26.4 Å². The monoisotopic (exact) mass is 183 g/mol. The molecule has 2 heteroatoms. The van der Waals surface area contributed by atoms with Gasteiger partial charge >= 0.3 is 0 Å². The van der Waals surface area contributed by atoms with Crippen molar-refractivity contribution in [3.05, 3.63) is 6.92 Å². The van der Waals surface area contributed by atoms with Gasteiger partial charge in [-0.3, -0.25) is 0 Å². The van der Waals surface area contributed by atoms with Gasteiger partial charge in [-0.15, -0.1) is 0 Å². The van der Waals surface area contributed by atoms with E-state index in [1.807, 2.05) is 0 Å². The minimum Gasteiger partial charge on any atom is -0.301 e. The zero-order chi connectivity index (χ0) is 9.52. The second-order valence-electron chi connectivity index (χ2n) is 3.89. The molecule has 1 heterocycles. The third kappa shape index (κ3) is 4.10. The Morgan fingerprint density at radius 1 is 1.00 bits per heavy atom. The van der Waals surface area contributed by atoms with Crippen LogP contribution in [0.5, 0.6) is 0 Å². The molecule has 0 spiro atoms. The average Bonchev–Trinajstić information content (AvgIpc) is 2.19. The van der Waals surface area contributed by atoms with Crippen molar-refractivity contribution >= 4 is 0 Å². The summed E-state index contributed by atoms with van der Waals surface area (Å²) in [5.74, 6) is 0. The van der Waals surface area contributed by atoms with Crippen LogP contribution >= 0.6 is 0 Å². The summed E-state index contributed by atoms with van der Waals surface area (Å²) in [7, 11) is 0. The van der Waals surface area contributed by atoms with Gasteiger partial charge in [-0.25, -0.2) is 0 Å². The highest BCUT2D eigenvalue weighted by molar-refractivity contribution is 4.71. The molecule has 77 valence electrons. The van der Waals surface area contributed by atoms with E-state index in [-0.39, 0.29) is 0 Å². The lowest BCUT2D eigenvalue weighted by Gasteiger charge is -2.33. The maximum atomic E-state index is 3.92. The van der Waals surface area contributed by atoms with Crippen molar-refractivity contribution in [2.45, 2.75) is 26.2 Å². The Bertz CT molecular complexity index is 115. The molecule has 1 radical (unpaired) electrons. The zero-order valence-electron chi connectivity index (χ0n) is 8.97. The van der Waals surface area contributed by atoms with Crippen molar-refractivity contribution in [3.8, 4) is 0 Å². The predicted molar refractivity (Wildman–Crippen MR) is 57.8 cm³/mol. The summed E-state index contributed by atoms with van der Waals surface area (Å²) >= 11 is 0. The molecule has 0 atom stereocenters. The van der Waals surface area contributed by atoms with Crippen LogP contribution in [0.25, 0.3) is 0 Å². The number of hydrogen-bond acceptors (Lipinski definition) is 2. The van der Waals surface area contributed by atoms with Crippen LogP contribution in [0.4, 0.5) is 0 Å². The maximum Gasteiger partial charge on any atom is 0.0110 e.